The highest BCUT2D eigenvalue weighted by Crippen LogP contribution is 2.36. The predicted octanol–water partition coefficient (Wildman–Crippen LogP) is 3.76. The SMILES string of the molecule is COc1cccc(N2CCC(C#N)(c3ccccc3)CC2)c1. The molecule has 0 spiro atoms. The Bertz CT molecular complexity index is 667. The zero-order valence-corrected chi connectivity index (χ0v) is 12.8. The maximum absolute atomic E-state index is 9.75. The van der Waals surface area contributed by atoms with Crippen LogP contribution in [0.4, 0.5) is 5.69 Å². The molecule has 3 rings (SSSR count). The molecule has 1 aliphatic rings. The second-order valence-electron chi connectivity index (χ2n) is 5.75. The molecule has 3 heteroatoms. The van der Waals surface area contributed by atoms with Crippen LogP contribution in [-0.4, -0.2) is 20.2 Å². The first-order valence-corrected chi connectivity index (χ1v) is 7.63. The third kappa shape index (κ3) is 2.65. The molecule has 1 aliphatic heterocycles. The van der Waals surface area contributed by atoms with Crippen molar-refractivity contribution in [3.8, 4) is 11.8 Å². The van der Waals surface area contributed by atoms with Gasteiger partial charge < -0.3 is 9.64 Å². The normalized spacial score (nSPS) is 16.8. The van der Waals surface area contributed by atoms with Crippen LogP contribution in [0.2, 0.25) is 0 Å². The fourth-order valence-electron chi connectivity index (χ4n) is 3.18. The average molecular weight is 292 g/mol. The maximum atomic E-state index is 9.75. The number of ether oxygens (including phenoxy) is 1. The van der Waals surface area contributed by atoms with Crippen molar-refractivity contribution in [1.82, 2.24) is 0 Å². The maximum Gasteiger partial charge on any atom is 0.120 e. The van der Waals surface area contributed by atoms with Crippen LogP contribution in [0, 0.1) is 11.3 Å². The monoisotopic (exact) mass is 292 g/mol. The summed E-state index contributed by atoms with van der Waals surface area (Å²) in [6.45, 7) is 1.77. The standard InChI is InChI=1S/C19H20N2O/c1-22-18-9-5-8-17(14-18)21-12-10-19(15-20,11-13-21)16-6-3-2-4-7-16/h2-9,14H,10-13H2,1H3. The Morgan fingerprint density at radius 1 is 1.05 bits per heavy atom. The van der Waals surface area contributed by atoms with Gasteiger partial charge in [-0.05, 0) is 30.5 Å². The fourth-order valence-corrected chi connectivity index (χ4v) is 3.18. The highest BCUT2D eigenvalue weighted by atomic mass is 16.5. The fraction of sp³-hybridized carbons (Fsp3) is 0.316. The first kappa shape index (κ1) is 14.5. The molecular formula is C19H20N2O. The number of hydrogen-bond acceptors (Lipinski definition) is 3. The number of anilines is 1. The molecule has 1 fully saturated rings. The number of methoxy groups -OCH3 is 1. The lowest BCUT2D eigenvalue weighted by Gasteiger charge is -2.38. The van der Waals surface area contributed by atoms with E-state index in [0.29, 0.717) is 0 Å². The summed E-state index contributed by atoms with van der Waals surface area (Å²) < 4.78 is 5.30. The highest BCUT2D eigenvalue weighted by molar-refractivity contribution is 5.52. The summed E-state index contributed by atoms with van der Waals surface area (Å²) in [5.74, 6) is 0.873. The van der Waals surface area contributed by atoms with Crippen molar-refractivity contribution in [2.24, 2.45) is 0 Å². The van der Waals surface area contributed by atoms with Gasteiger partial charge in [-0.1, -0.05) is 36.4 Å². The summed E-state index contributed by atoms with van der Waals surface area (Å²) in [6.07, 6.45) is 1.70. The first-order chi connectivity index (χ1) is 10.8. The number of piperidine rings is 1. The largest absolute Gasteiger partial charge is 0.497 e. The van der Waals surface area contributed by atoms with E-state index in [0.717, 1.165) is 37.2 Å². The number of benzene rings is 2. The van der Waals surface area contributed by atoms with E-state index in [9.17, 15) is 5.26 Å². The van der Waals surface area contributed by atoms with Crippen LogP contribution < -0.4 is 9.64 Å². The highest BCUT2D eigenvalue weighted by Gasteiger charge is 2.36. The summed E-state index contributed by atoms with van der Waals surface area (Å²) in [4.78, 5) is 2.33. The minimum absolute atomic E-state index is 0.351. The summed E-state index contributed by atoms with van der Waals surface area (Å²) in [5.41, 5.74) is 1.96. The molecule has 112 valence electrons. The molecule has 0 bridgehead atoms. The second kappa shape index (κ2) is 6.11. The molecule has 0 unspecified atom stereocenters. The Morgan fingerprint density at radius 2 is 1.77 bits per heavy atom. The van der Waals surface area contributed by atoms with E-state index in [1.807, 2.05) is 30.3 Å². The van der Waals surface area contributed by atoms with E-state index in [-0.39, 0.29) is 5.41 Å². The molecule has 0 radical (unpaired) electrons. The van der Waals surface area contributed by atoms with Gasteiger partial charge in [0, 0.05) is 24.8 Å². The molecule has 3 nitrogen and oxygen atoms in total. The third-order valence-electron chi connectivity index (χ3n) is 4.58. The summed E-state index contributed by atoms with van der Waals surface area (Å²) in [6, 6.07) is 20.9. The molecule has 1 saturated heterocycles. The molecule has 22 heavy (non-hydrogen) atoms. The summed E-state index contributed by atoms with van der Waals surface area (Å²) in [7, 11) is 1.69. The van der Waals surface area contributed by atoms with Crippen molar-refractivity contribution in [3.05, 3.63) is 60.2 Å². The third-order valence-corrected chi connectivity index (χ3v) is 4.58. The van der Waals surface area contributed by atoms with Gasteiger partial charge >= 0.3 is 0 Å². The number of nitrogens with zero attached hydrogens (tertiary/aromatic N) is 2. The van der Waals surface area contributed by atoms with Crippen molar-refractivity contribution in [1.29, 1.82) is 5.26 Å². The van der Waals surface area contributed by atoms with Gasteiger partial charge in [0.15, 0.2) is 0 Å². The van der Waals surface area contributed by atoms with Gasteiger partial charge in [0.2, 0.25) is 0 Å². The molecular weight excluding hydrogens is 272 g/mol. The Balaban J connectivity index is 1.78. The predicted molar refractivity (Wildman–Crippen MR) is 88.2 cm³/mol. The van der Waals surface area contributed by atoms with Gasteiger partial charge in [0.05, 0.1) is 18.6 Å². The van der Waals surface area contributed by atoms with Gasteiger partial charge in [-0.25, -0.2) is 0 Å². The zero-order chi connectivity index (χ0) is 15.4. The Kier molecular flexibility index (Phi) is 4.02. The molecule has 2 aromatic carbocycles. The van der Waals surface area contributed by atoms with E-state index < -0.39 is 0 Å². The van der Waals surface area contributed by atoms with Crippen LogP contribution in [0.5, 0.6) is 5.75 Å². The van der Waals surface area contributed by atoms with Gasteiger partial charge in [0.1, 0.15) is 5.75 Å². The minimum atomic E-state index is -0.351. The van der Waals surface area contributed by atoms with E-state index in [1.54, 1.807) is 7.11 Å². The second-order valence-corrected chi connectivity index (χ2v) is 5.75. The summed E-state index contributed by atoms with van der Waals surface area (Å²) in [5, 5.41) is 9.75. The van der Waals surface area contributed by atoms with Crippen LogP contribution in [-0.2, 0) is 5.41 Å². The van der Waals surface area contributed by atoms with Gasteiger partial charge in [0.25, 0.3) is 0 Å². The topological polar surface area (TPSA) is 36.3 Å². The van der Waals surface area contributed by atoms with Crippen molar-refractivity contribution in [2.75, 3.05) is 25.1 Å². The molecule has 2 aromatic rings. The van der Waals surface area contributed by atoms with Crippen LogP contribution in [0.15, 0.2) is 54.6 Å². The van der Waals surface area contributed by atoms with E-state index >= 15 is 0 Å². The minimum Gasteiger partial charge on any atom is -0.497 e. The summed E-state index contributed by atoms with van der Waals surface area (Å²) >= 11 is 0. The Morgan fingerprint density at radius 3 is 2.41 bits per heavy atom. The van der Waals surface area contributed by atoms with Gasteiger partial charge in [-0.3, -0.25) is 0 Å². The quantitative estimate of drug-likeness (QED) is 0.864. The number of nitriles is 1. The van der Waals surface area contributed by atoms with Crippen LogP contribution in [0.3, 0.4) is 0 Å². The van der Waals surface area contributed by atoms with E-state index in [1.165, 1.54) is 5.69 Å². The number of hydrogen-bond donors (Lipinski definition) is 0. The van der Waals surface area contributed by atoms with Crippen molar-refractivity contribution >= 4 is 5.69 Å². The van der Waals surface area contributed by atoms with Crippen molar-refractivity contribution < 1.29 is 4.74 Å². The molecule has 0 aliphatic carbocycles. The lowest BCUT2D eigenvalue weighted by atomic mass is 9.74. The van der Waals surface area contributed by atoms with E-state index in [2.05, 4.69) is 35.2 Å². The average Bonchev–Trinajstić information content (AvgIpc) is 2.62. The molecule has 0 amide bonds. The van der Waals surface area contributed by atoms with Gasteiger partial charge in [-0.2, -0.15) is 5.26 Å². The molecule has 0 aromatic heterocycles. The molecule has 0 atom stereocenters. The Hall–Kier alpha value is -2.47. The smallest absolute Gasteiger partial charge is 0.120 e. The van der Waals surface area contributed by atoms with Crippen molar-refractivity contribution in [3.63, 3.8) is 0 Å². The van der Waals surface area contributed by atoms with Crippen LogP contribution in [0.25, 0.3) is 0 Å². The van der Waals surface area contributed by atoms with Gasteiger partial charge in [-0.15, -0.1) is 0 Å². The lowest BCUT2D eigenvalue weighted by molar-refractivity contribution is 0.409. The Labute approximate surface area is 131 Å². The number of rotatable bonds is 3. The van der Waals surface area contributed by atoms with E-state index in [4.69, 9.17) is 4.74 Å². The zero-order valence-electron chi connectivity index (χ0n) is 12.8. The first-order valence-electron chi connectivity index (χ1n) is 7.63. The van der Waals surface area contributed by atoms with Crippen molar-refractivity contribution in [2.45, 2.75) is 18.3 Å². The molecule has 0 N–H and O–H groups in total. The molecule has 1 heterocycles. The van der Waals surface area contributed by atoms with Crippen LogP contribution in [0.1, 0.15) is 18.4 Å². The van der Waals surface area contributed by atoms with Crippen LogP contribution >= 0.6 is 0 Å². The molecule has 0 saturated carbocycles. The lowest BCUT2D eigenvalue weighted by Crippen LogP contribution is -2.42.